The molecule has 1 heterocycles. The van der Waals surface area contributed by atoms with E-state index in [1.54, 1.807) is 11.3 Å². The van der Waals surface area contributed by atoms with Crippen molar-refractivity contribution in [1.29, 1.82) is 0 Å². The van der Waals surface area contributed by atoms with Crippen LogP contribution in [0.25, 0.3) is 11.3 Å². The lowest BCUT2D eigenvalue weighted by atomic mass is 10.1. The van der Waals surface area contributed by atoms with Gasteiger partial charge in [0.15, 0.2) is 0 Å². The van der Waals surface area contributed by atoms with Gasteiger partial charge in [0.05, 0.1) is 11.2 Å². The Kier molecular flexibility index (Phi) is 5.01. The highest BCUT2D eigenvalue weighted by molar-refractivity contribution is 7.07. The molecule has 0 aliphatic heterocycles. The highest BCUT2D eigenvalue weighted by Gasteiger charge is 1.98. The second kappa shape index (κ2) is 6.32. The maximum Gasteiger partial charge on any atom is 0.0811 e. The molecule has 2 rings (SSSR count). The topological polar surface area (TPSA) is 38.9 Å². The summed E-state index contributed by atoms with van der Waals surface area (Å²) in [5, 5.41) is 2.04. The van der Waals surface area contributed by atoms with Crippen molar-refractivity contribution in [2.24, 2.45) is 5.73 Å². The predicted molar refractivity (Wildman–Crippen MR) is 66.8 cm³/mol. The molecule has 0 fully saturated rings. The minimum Gasteiger partial charge on any atom is -0.326 e. The van der Waals surface area contributed by atoms with Crippen molar-refractivity contribution in [3.8, 4) is 11.3 Å². The summed E-state index contributed by atoms with van der Waals surface area (Å²) in [5.74, 6) is 0. The Morgan fingerprint density at radius 2 is 1.87 bits per heavy atom. The van der Waals surface area contributed by atoms with Crippen LogP contribution in [0.5, 0.6) is 0 Å². The smallest absolute Gasteiger partial charge is 0.0811 e. The van der Waals surface area contributed by atoms with Gasteiger partial charge in [-0.15, -0.1) is 11.3 Å². The molecular weight excluding hydrogens is 204 g/mol. The van der Waals surface area contributed by atoms with Gasteiger partial charge >= 0.3 is 0 Å². The third-order valence-electron chi connectivity index (χ3n) is 1.92. The number of nitrogens with zero attached hydrogens (tertiary/aromatic N) is 1. The van der Waals surface area contributed by atoms with Crippen molar-refractivity contribution in [2.45, 2.75) is 20.4 Å². The monoisotopic (exact) mass is 220 g/mol. The molecule has 0 saturated carbocycles. The maximum absolute atomic E-state index is 5.51. The third kappa shape index (κ3) is 3.15. The molecule has 2 nitrogen and oxygen atoms in total. The van der Waals surface area contributed by atoms with E-state index >= 15 is 0 Å². The molecule has 2 N–H and O–H groups in total. The fourth-order valence-corrected chi connectivity index (χ4v) is 1.73. The molecule has 3 heteroatoms. The van der Waals surface area contributed by atoms with Crippen LogP contribution in [0, 0.1) is 0 Å². The van der Waals surface area contributed by atoms with Gasteiger partial charge in [-0.25, -0.2) is 4.98 Å². The van der Waals surface area contributed by atoms with Gasteiger partial charge in [-0.1, -0.05) is 38.1 Å². The molecular formula is C12H16N2S. The van der Waals surface area contributed by atoms with Crippen LogP contribution >= 0.6 is 11.3 Å². The van der Waals surface area contributed by atoms with Gasteiger partial charge in [0.1, 0.15) is 0 Å². The molecule has 0 atom stereocenters. The zero-order valence-corrected chi connectivity index (χ0v) is 9.92. The van der Waals surface area contributed by atoms with Gasteiger partial charge in [0, 0.05) is 17.5 Å². The van der Waals surface area contributed by atoms with E-state index < -0.39 is 0 Å². The second-order valence-corrected chi connectivity index (χ2v) is 3.49. The van der Waals surface area contributed by atoms with Crippen LogP contribution in [-0.4, -0.2) is 4.98 Å². The molecule has 0 saturated heterocycles. The van der Waals surface area contributed by atoms with E-state index in [9.17, 15) is 0 Å². The molecule has 0 amide bonds. The first-order chi connectivity index (χ1) is 7.40. The Hall–Kier alpha value is -1.19. The molecule has 15 heavy (non-hydrogen) atoms. The van der Waals surface area contributed by atoms with Crippen LogP contribution in [0.3, 0.4) is 0 Å². The first-order valence-electron chi connectivity index (χ1n) is 5.08. The Labute approximate surface area is 94.8 Å². The molecule has 0 aliphatic carbocycles. The zero-order valence-electron chi connectivity index (χ0n) is 9.10. The molecule has 80 valence electrons. The van der Waals surface area contributed by atoms with Crippen molar-refractivity contribution in [3.63, 3.8) is 0 Å². The van der Waals surface area contributed by atoms with Crippen molar-refractivity contribution in [2.75, 3.05) is 0 Å². The van der Waals surface area contributed by atoms with Crippen molar-refractivity contribution >= 4 is 11.3 Å². The van der Waals surface area contributed by atoms with Crippen LogP contribution in [0.1, 0.15) is 19.4 Å². The van der Waals surface area contributed by atoms with Crippen LogP contribution < -0.4 is 5.73 Å². The molecule has 0 aliphatic rings. The largest absolute Gasteiger partial charge is 0.326 e. The Morgan fingerprint density at radius 1 is 1.20 bits per heavy atom. The second-order valence-electron chi connectivity index (χ2n) is 2.77. The third-order valence-corrected chi connectivity index (χ3v) is 2.50. The average Bonchev–Trinajstić information content (AvgIpc) is 2.85. The van der Waals surface area contributed by atoms with E-state index in [0.29, 0.717) is 6.54 Å². The summed E-state index contributed by atoms with van der Waals surface area (Å²) < 4.78 is 0. The Balaban J connectivity index is 0.000000531. The van der Waals surface area contributed by atoms with Gasteiger partial charge in [-0.05, 0) is 5.56 Å². The van der Waals surface area contributed by atoms with E-state index in [0.717, 1.165) is 16.8 Å². The summed E-state index contributed by atoms with van der Waals surface area (Å²) >= 11 is 1.61. The minimum atomic E-state index is 0.595. The quantitative estimate of drug-likeness (QED) is 0.843. The van der Waals surface area contributed by atoms with Crippen molar-refractivity contribution < 1.29 is 0 Å². The lowest BCUT2D eigenvalue weighted by Gasteiger charge is -1.98. The SMILES string of the molecule is CC.NCc1ccc(-c2cscn2)cc1. The zero-order chi connectivity index (χ0) is 11.1. The Morgan fingerprint density at radius 3 is 2.33 bits per heavy atom. The lowest BCUT2D eigenvalue weighted by Crippen LogP contribution is -1.95. The van der Waals surface area contributed by atoms with E-state index in [-0.39, 0.29) is 0 Å². The molecule has 1 aromatic heterocycles. The number of thiazole rings is 1. The van der Waals surface area contributed by atoms with Gasteiger partial charge < -0.3 is 5.73 Å². The highest BCUT2D eigenvalue weighted by atomic mass is 32.1. The summed E-state index contributed by atoms with van der Waals surface area (Å²) in [6, 6.07) is 8.18. The number of rotatable bonds is 2. The van der Waals surface area contributed by atoms with E-state index in [4.69, 9.17) is 5.73 Å². The molecule has 0 unspecified atom stereocenters. The Bertz CT molecular complexity index is 365. The number of hydrogen-bond donors (Lipinski definition) is 1. The van der Waals surface area contributed by atoms with Crippen LogP contribution in [0.4, 0.5) is 0 Å². The first kappa shape index (κ1) is 11.9. The van der Waals surface area contributed by atoms with Gasteiger partial charge in [-0.3, -0.25) is 0 Å². The van der Waals surface area contributed by atoms with Crippen LogP contribution in [0.2, 0.25) is 0 Å². The molecule has 2 aromatic rings. The number of nitrogens with two attached hydrogens (primary N) is 1. The van der Waals surface area contributed by atoms with Gasteiger partial charge in [-0.2, -0.15) is 0 Å². The van der Waals surface area contributed by atoms with Crippen LogP contribution in [0.15, 0.2) is 35.2 Å². The van der Waals surface area contributed by atoms with Crippen molar-refractivity contribution in [3.05, 3.63) is 40.7 Å². The van der Waals surface area contributed by atoms with E-state index in [1.165, 1.54) is 0 Å². The lowest BCUT2D eigenvalue weighted by molar-refractivity contribution is 1.07. The normalized spacial score (nSPS) is 9.27. The standard InChI is InChI=1S/C10H10N2S.C2H6/c11-5-8-1-3-9(4-2-8)10-6-13-7-12-10;1-2/h1-4,6-7H,5,11H2;1-2H3. The summed E-state index contributed by atoms with van der Waals surface area (Å²) in [6.45, 7) is 4.59. The predicted octanol–water partition coefficient (Wildman–Crippen LogP) is 3.30. The number of benzene rings is 1. The fraction of sp³-hybridized carbons (Fsp3) is 0.250. The minimum absolute atomic E-state index is 0.595. The van der Waals surface area contributed by atoms with Crippen molar-refractivity contribution in [1.82, 2.24) is 4.98 Å². The molecule has 1 aromatic carbocycles. The summed E-state index contributed by atoms with van der Waals surface area (Å²) in [7, 11) is 0. The van der Waals surface area contributed by atoms with Crippen LogP contribution in [-0.2, 0) is 6.54 Å². The van der Waals surface area contributed by atoms with Gasteiger partial charge in [0.2, 0.25) is 0 Å². The fourth-order valence-electron chi connectivity index (χ4n) is 1.17. The maximum atomic E-state index is 5.51. The highest BCUT2D eigenvalue weighted by Crippen LogP contribution is 2.18. The molecule has 0 radical (unpaired) electrons. The summed E-state index contributed by atoms with van der Waals surface area (Å²) in [4.78, 5) is 4.23. The average molecular weight is 220 g/mol. The number of aromatic nitrogens is 1. The molecule has 0 spiro atoms. The van der Waals surface area contributed by atoms with E-state index in [1.807, 2.05) is 36.9 Å². The molecule has 0 bridgehead atoms. The van der Waals surface area contributed by atoms with Gasteiger partial charge in [0.25, 0.3) is 0 Å². The summed E-state index contributed by atoms with van der Waals surface area (Å²) in [5.41, 5.74) is 10.7. The van der Waals surface area contributed by atoms with E-state index in [2.05, 4.69) is 17.1 Å². The first-order valence-corrected chi connectivity index (χ1v) is 6.02. The summed E-state index contributed by atoms with van der Waals surface area (Å²) in [6.07, 6.45) is 0. The number of hydrogen-bond acceptors (Lipinski definition) is 3.